The molecular weight excluding hydrogens is 1190 g/mol. The van der Waals surface area contributed by atoms with E-state index in [1.165, 1.54) is 48.5 Å². The summed E-state index contributed by atoms with van der Waals surface area (Å²) in [7, 11) is 0. The fourth-order valence-electron chi connectivity index (χ4n) is 9.24. The third-order valence-corrected chi connectivity index (χ3v) is 12.6. The van der Waals surface area contributed by atoms with Gasteiger partial charge >= 0.3 is 23.9 Å². The van der Waals surface area contributed by atoms with Crippen LogP contribution in [-0.2, 0) is 58.1 Å². The molecule has 418 valence electrons. The molecule has 0 aliphatic carbocycles. The molecule has 8 amide bonds. The van der Waals surface area contributed by atoms with Crippen molar-refractivity contribution in [2.75, 3.05) is 0 Å². The van der Waals surface area contributed by atoms with Gasteiger partial charge in [0.1, 0.15) is 24.2 Å². The summed E-state index contributed by atoms with van der Waals surface area (Å²) in [5, 5.41) is 37.4. The SMILES string of the molecule is CC(C)(C)C(C(=O)O)N1C(=O)c2ccccc2C1=O.CC(C)(C)C(C(=O)O)N1C(=O)c2ccccc2C1=O.CC(C)(C)C(C(=O)O)N1C(=O)c2ccccc2C1=O.CC(C)(C)C(C(=O)O)N1C(=O)c2ccccc2C1=O.[Rh].[Rh]. The predicted molar refractivity (Wildman–Crippen MR) is 271 cm³/mol. The molecule has 2 radical (unpaired) electrons. The van der Waals surface area contributed by atoms with Crippen molar-refractivity contribution in [3.05, 3.63) is 142 Å². The van der Waals surface area contributed by atoms with E-state index in [2.05, 4.69) is 0 Å². The van der Waals surface area contributed by atoms with Gasteiger partial charge in [-0.2, -0.15) is 0 Å². The zero-order chi connectivity index (χ0) is 57.5. The molecule has 4 aromatic carbocycles. The zero-order valence-electron chi connectivity index (χ0n) is 44.7. The van der Waals surface area contributed by atoms with Gasteiger partial charge in [0.15, 0.2) is 0 Å². The van der Waals surface area contributed by atoms with Crippen LogP contribution in [0.15, 0.2) is 97.1 Å². The van der Waals surface area contributed by atoms with Crippen LogP contribution in [-0.4, -0.2) is 135 Å². The number of fused-ring (bicyclic) bond motifs is 4. The molecule has 0 bridgehead atoms. The molecule has 0 saturated heterocycles. The molecule has 22 heteroatoms. The minimum Gasteiger partial charge on any atom is -0.480 e. The summed E-state index contributed by atoms with van der Waals surface area (Å²) in [6, 6.07) is 20.8. The van der Waals surface area contributed by atoms with E-state index in [9.17, 15) is 78.0 Å². The first-order valence-corrected chi connectivity index (χ1v) is 23.8. The van der Waals surface area contributed by atoms with E-state index in [1.807, 2.05) is 0 Å². The van der Waals surface area contributed by atoms with E-state index >= 15 is 0 Å². The molecule has 4 aliphatic rings. The number of rotatable bonds is 8. The number of carboxylic acid groups (broad SMARTS) is 4. The van der Waals surface area contributed by atoms with Gasteiger partial charge in [0.05, 0.1) is 44.5 Å². The Morgan fingerprint density at radius 2 is 0.385 bits per heavy atom. The van der Waals surface area contributed by atoms with Gasteiger partial charge in [0.25, 0.3) is 47.3 Å². The van der Waals surface area contributed by atoms with E-state index in [0.29, 0.717) is 0 Å². The van der Waals surface area contributed by atoms with E-state index in [4.69, 9.17) is 0 Å². The number of aliphatic carboxylic acids is 4. The van der Waals surface area contributed by atoms with Crippen LogP contribution >= 0.6 is 0 Å². The van der Waals surface area contributed by atoms with Crippen molar-refractivity contribution in [1.82, 2.24) is 19.6 Å². The van der Waals surface area contributed by atoms with Crippen LogP contribution in [0.2, 0.25) is 0 Å². The molecule has 0 saturated carbocycles. The van der Waals surface area contributed by atoms with Crippen LogP contribution in [0.3, 0.4) is 0 Å². The maximum absolute atomic E-state index is 12.2. The molecule has 4 unspecified atom stereocenters. The Balaban J connectivity index is 0.000000271. The smallest absolute Gasteiger partial charge is 0.327 e. The van der Waals surface area contributed by atoms with Crippen molar-refractivity contribution in [3.8, 4) is 0 Å². The minimum absolute atomic E-state index is 0. The van der Waals surface area contributed by atoms with E-state index in [1.54, 1.807) is 132 Å². The molecule has 0 aromatic heterocycles. The third-order valence-electron chi connectivity index (χ3n) is 12.6. The predicted octanol–water partition coefficient (Wildman–Crippen LogP) is 7.12. The van der Waals surface area contributed by atoms with Gasteiger partial charge in [0, 0.05) is 39.0 Å². The second kappa shape index (κ2) is 24.1. The number of hydrogen-bond acceptors (Lipinski definition) is 12. The Hall–Kier alpha value is -7.43. The number of nitrogens with zero attached hydrogens (tertiary/aromatic N) is 4. The van der Waals surface area contributed by atoms with Gasteiger partial charge < -0.3 is 20.4 Å². The molecule has 0 fully saturated rings. The van der Waals surface area contributed by atoms with Crippen LogP contribution in [0.1, 0.15) is 166 Å². The summed E-state index contributed by atoms with van der Waals surface area (Å²) in [5.41, 5.74) is -0.814. The molecule has 8 rings (SSSR count). The number of carbonyl (C=O) groups excluding carboxylic acids is 8. The summed E-state index contributed by atoms with van der Waals surface area (Å²) < 4.78 is 0. The maximum atomic E-state index is 12.2. The molecule has 4 aliphatic heterocycles. The van der Waals surface area contributed by atoms with Crippen molar-refractivity contribution in [2.45, 2.75) is 107 Å². The van der Waals surface area contributed by atoms with Gasteiger partial charge in [-0.25, -0.2) is 19.2 Å². The Morgan fingerprint density at radius 3 is 0.462 bits per heavy atom. The second-order valence-corrected chi connectivity index (χ2v) is 22.5. The Bertz CT molecular complexity index is 2570. The fourth-order valence-corrected chi connectivity index (χ4v) is 9.24. The summed E-state index contributed by atoms with van der Waals surface area (Å²) in [6.45, 7) is 20.3. The standard InChI is InChI=1S/4C14H15NO4.2Rh/c4*1-14(2,3)10(13(18)19)15-11(16)8-6-4-5-7-9(8)12(15)17;;/h4*4-7,10H,1-3H3,(H,18,19);;. The van der Waals surface area contributed by atoms with Gasteiger partial charge in [-0.3, -0.25) is 58.0 Å². The van der Waals surface area contributed by atoms with E-state index < -0.39 is 117 Å². The normalized spacial score (nSPS) is 16.1. The topological polar surface area (TPSA) is 299 Å². The van der Waals surface area contributed by atoms with Gasteiger partial charge in [-0.1, -0.05) is 132 Å². The zero-order valence-corrected chi connectivity index (χ0v) is 48.0. The summed E-state index contributed by atoms with van der Waals surface area (Å²) in [4.78, 5) is 147. The Labute approximate surface area is 475 Å². The van der Waals surface area contributed by atoms with Crippen LogP contribution in [0, 0.1) is 21.7 Å². The van der Waals surface area contributed by atoms with Crippen molar-refractivity contribution < 1.29 is 117 Å². The number of imide groups is 4. The molecule has 78 heavy (non-hydrogen) atoms. The van der Waals surface area contributed by atoms with Crippen molar-refractivity contribution in [1.29, 1.82) is 0 Å². The quantitative estimate of drug-likeness (QED) is 0.101. The number of hydrogen-bond donors (Lipinski definition) is 4. The van der Waals surface area contributed by atoms with Crippen molar-refractivity contribution in [2.24, 2.45) is 21.7 Å². The van der Waals surface area contributed by atoms with Gasteiger partial charge in [-0.05, 0) is 70.2 Å². The van der Waals surface area contributed by atoms with Crippen LogP contribution in [0.25, 0.3) is 0 Å². The van der Waals surface area contributed by atoms with Crippen LogP contribution < -0.4 is 0 Å². The second-order valence-electron chi connectivity index (χ2n) is 22.5. The fraction of sp³-hybridized carbons (Fsp3) is 0.357. The number of carboxylic acids is 4. The average Bonchev–Trinajstić information content (AvgIpc) is 3.90. The number of benzene rings is 4. The molecule has 4 aromatic rings. The first-order valence-electron chi connectivity index (χ1n) is 23.8. The molecule has 20 nitrogen and oxygen atoms in total. The number of amides is 8. The minimum atomic E-state index is -1.18. The number of carbonyl (C=O) groups is 12. The van der Waals surface area contributed by atoms with Crippen LogP contribution in [0.4, 0.5) is 0 Å². The van der Waals surface area contributed by atoms with Crippen LogP contribution in [0.5, 0.6) is 0 Å². The van der Waals surface area contributed by atoms with Crippen molar-refractivity contribution in [3.63, 3.8) is 0 Å². The Morgan fingerprint density at radius 1 is 0.282 bits per heavy atom. The summed E-state index contributed by atoms with van der Waals surface area (Å²) in [6.07, 6.45) is 0. The first kappa shape index (κ1) is 64.9. The van der Waals surface area contributed by atoms with Gasteiger partial charge in [0.2, 0.25) is 0 Å². The largest absolute Gasteiger partial charge is 0.480 e. The third kappa shape index (κ3) is 12.8. The molecule has 0 spiro atoms. The van der Waals surface area contributed by atoms with E-state index in [0.717, 1.165) is 19.6 Å². The summed E-state index contributed by atoms with van der Waals surface area (Å²) in [5.74, 6) is -9.03. The van der Waals surface area contributed by atoms with E-state index in [-0.39, 0.29) is 83.5 Å². The Kier molecular flexibility index (Phi) is 20.0. The first-order chi connectivity index (χ1) is 35.0. The molecular formula is C56H60N4O16Rh2. The average molecular weight is 1250 g/mol. The molecule has 4 N–H and O–H groups in total. The molecule has 4 atom stereocenters. The summed E-state index contributed by atoms with van der Waals surface area (Å²) >= 11 is 0. The van der Waals surface area contributed by atoms with Crippen molar-refractivity contribution >= 4 is 71.1 Å². The maximum Gasteiger partial charge on any atom is 0.327 e. The molecule has 4 heterocycles. The monoisotopic (exact) mass is 1250 g/mol. The van der Waals surface area contributed by atoms with Gasteiger partial charge in [-0.15, -0.1) is 0 Å².